The summed E-state index contributed by atoms with van der Waals surface area (Å²) >= 11 is 5.36. The summed E-state index contributed by atoms with van der Waals surface area (Å²) in [4.78, 5) is 25.0. The van der Waals surface area contributed by atoms with Crippen LogP contribution in [-0.4, -0.2) is 41.7 Å². The Morgan fingerprint density at radius 1 is 1.33 bits per heavy atom. The van der Waals surface area contributed by atoms with Crippen molar-refractivity contribution in [2.45, 2.75) is 33.3 Å². The van der Waals surface area contributed by atoms with E-state index < -0.39 is 11.7 Å². The molecule has 0 saturated carbocycles. The van der Waals surface area contributed by atoms with Gasteiger partial charge in [-0.05, 0) is 26.7 Å². The summed E-state index contributed by atoms with van der Waals surface area (Å²) in [5.41, 5.74) is -0.533. The van der Waals surface area contributed by atoms with Crippen LogP contribution in [0.1, 0.15) is 27.7 Å². The van der Waals surface area contributed by atoms with Gasteiger partial charge in [0.1, 0.15) is 5.60 Å². The molecule has 1 fully saturated rings. The van der Waals surface area contributed by atoms with Crippen LogP contribution >= 0.6 is 11.6 Å². The molecule has 0 bridgehead atoms. The van der Waals surface area contributed by atoms with Gasteiger partial charge in [0.25, 0.3) is 0 Å². The maximum atomic E-state index is 11.9. The first-order valence-corrected chi connectivity index (χ1v) is 6.48. The molecule has 0 aromatic heterocycles. The summed E-state index contributed by atoms with van der Waals surface area (Å²) in [7, 11) is 0. The quantitative estimate of drug-likeness (QED) is 0.574. The highest BCUT2D eigenvalue weighted by Crippen LogP contribution is 2.25. The van der Waals surface area contributed by atoms with Gasteiger partial charge in [-0.1, -0.05) is 18.5 Å². The maximum absolute atomic E-state index is 11.9. The molecule has 2 atom stereocenters. The van der Waals surface area contributed by atoms with E-state index in [1.165, 1.54) is 4.90 Å². The van der Waals surface area contributed by atoms with Gasteiger partial charge in [-0.15, -0.1) is 0 Å². The van der Waals surface area contributed by atoms with Gasteiger partial charge in [0.05, 0.1) is 5.92 Å². The lowest BCUT2D eigenvalue weighted by Crippen LogP contribution is -2.36. The van der Waals surface area contributed by atoms with Gasteiger partial charge in [-0.2, -0.15) is 0 Å². The third kappa shape index (κ3) is 4.05. The minimum atomic E-state index is -0.533. The minimum absolute atomic E-state index is 0.0493. The molecule has 0 aromatic rings. The first kappa shape index (κ1) is 15.1. The number of ether oxygens (including phenoxy) is 2. The number of likely N-dealkylation sites (tertiary alicyclic amines) is 1. The van der Waals surface area contributed by atoms with E-state index in [4.69, 9.17) is 21.1 Å². The molecule has 0 unspecified atom stereocenters. The highest BCUT2D eigenvalue weighted by atomic mass is 35.5. The average molecular weight is 278 g/mol. The summed E-state index contributed by atoms with van der Waals surface area (Å²) in [5, 5.41) is 0. The number of hydrogen-bond donors (Lipinski definition) is 0. The van der Waals surface area contributed by atoms with Crippen molar-refractivity contribution in [2.75, 3.05) is 19.2 Å². The smallest absolute Gasteiger partial charge is 0.410 e. The molecule has 1 rings (SSSR count). The predicted octanol–water partition coefficient (Wildman–Crippen LogP) is 2.23. The Labute approximate surface area is 112 Å². The predicted molar refractivity (Wildman–Crippen MR) is 67.3 cm³/mol. The molecule has 5 nitrogen and oxygen atoms in total. The number of esters is 1. The second-order valence-corrected chi connectivity index (χ2v) is 5.76. The molecule has 0 aromatic carbocycles. The van der Waals surface area contributed by atoms with Gasteiger partial charge in [-0.3, -0.25) is 4.79 Å². The normalized spacial score (nSPS) is 23.9. The number of halogens is 1. The van der Waals surface area contributed by atoms with Crippen LogP contribution < -0.4 is 0 Å². The third-order valence-corrected chi connectivity index (χ3v) is 2.87. The first-order valence-electron chi connectivity index (χ1n) is 5.95. The zero-order valence-electron chi connectivity index (χ0n) is 11.2. The molecule has 1 heterocycles. The molecule has 0 radical (unpaired) electrons. The third-order valence-electron chi connectivity index (χ3n) is 2.76. The van der Waals surface area contributed by atoms with Gasteiger partial charge in [0, 0.05) is 13.1 Å². The molecular weight excluding hydrogens is 258 g/mol. The lowest BCUT2D eigenvalue weighted by molar-refractivity contribution is -0.147. The van der Waals surface area contributed by atoms with Crippen LogP contribution in [0.3, 0.4) is 0 Å². The number of nitrogens with zero attached hydrogens (tertiary/aromatic N) is 1. The maximum Gasteiger partial charge on any atom is 0.410 e. The topological polar surface area (TPSA) is 55.8 Å². The second kappa shape index (κ2) is 5.78. The van der Waals surface area contributed by atoms with E-state index in [0.29, 0.717) is 13.1 Å². The van der Waals surface area contributed by atoms with Crippen LogP contribution in [0, 0.1) is 11.8 Å². The standard InChI is InChI=1S/C12H20ClNO4/c1-8-5-14(11(16)18-12(2,3)4)6-9(8)10(15)17-7-13/h8-9H,5-7H2,1-4H3/t8-,9-/m1/s1. The lowest BCUT2D eigenvalue weighted by Gasteiger charge is -2.24. The molecule has 0 N–H and O–H groups in total. The summed E-state index contributed by atoms with van der Waals surface area (Å²) in [6, 6.07) is -0.158. The summed E-state index contributed by atoms with van der Waals surface area (Å²) < 4.78 is 10.0. The number of amides is 1. The molecule has 104 valence electrons. The van der Waals surface area contributed by atoms with Gasteiger partial charge >= 0.3 is 12.1 Å². The van der Waals surface area contributed by atoms with Crippen LogP contribution in [0.25, 0.3) is 0 Å². The molecule has 0 aliphatic carbocycles. The fraction of sp³-hybridized carbons (Fsp3) is 0.833. The number of carbonyl (C=O) groups excluding carboxylic acids is 2. The Kier molecular flexibility index (Phi) is 4.85. The zero-order chi connectivity index (χ0) is 13.9. The van der Waals surface area contributed by atoms with Crippen LogP contribution in [0.5, 0.6) is 0 Å². The largest absolute Gasteiger partial charge is 0.449 e. The van der Waals surface area contributed by atoms with E-state index >= 15 is 0 Å². The Morgan fingerprint density at radius 2 is 1.94 bits per heavy atom. The van der Waals surface area contributed by atoms with E-state index in [1.807, 2.05) is 27.7 Å². The van der Waals surface area contributed by atoms with E-state index in [0.717, 1.165) is 0 Å². The van der Waals surface area contributed by atoms with E-state index in [-0.39, 0.29) is 23.9 Å². The fourth-order valence-corrected chi connectivity index (χ4v) is 2.02. The first-order chi connectivity index (χ1) is 8.24. The van der Waals surface area contributed by atoms with Crippen molar-refractivity contribution >= 4 is 23.7 Å². The van der Waals surface area contributed by atoms with Gasteiger partial charge in [0.2, 0.25) is 0 Å². The number of rotatable bonds is 2. The monoisotopic (exact) mass is 277 g/mol. The molecular formula is C12H20ClNO4. The minimum Gasteiger partial charge on any atom is -0.449 e. The SMILES string of the molecule is C[C@@H]1CN(C(=O)OC(C)(C)C)C[C@H]1C(=O)OCCl. The van der Waals surface area contributed by atoms with E-state index in [1.54, 1.807) is 0 Å². The van der Waals surface area contributed by atoms with Crippen molar-refractivity contribution in [1.29, 1.82) is 0 Å². The summed E-state index contributed by atoms with van der Waals surface area (Å²) in [6.07, 6.45) is -0.393. The van der Waals surface area contributed by atoms with Gasteiger partial charge < -0.3 is 14.4 Å². The molecule has 1 amide bonds. The summed E-state index contributed by atoms with van der Waals surface area (Å²) in [5.74, 6) is -0.631. The van der Waals surface area contributed by atoms with Crippen molar-refractivity contribution in [3.63, 3.8) is 0 Å². The van der Waals surface area contributed by atoms with Gasteiger partial charge in [-0.25, -0.2) is 4.79 Å². The lowest BCUT2D eigenvalue weighted by atomic mass is 9.99. The zero-order valence-corrected chi connectivity index (χ0v) is 12.0. The Balaban J connectivity index is 2.58. The fourth-order valence-electron chi connectivity index (χ4n) is 1.91. The van der Waals surface area contributed by atoms with Crippen molar-refractivity contribution in [2.24, 2.45) is 11.8 Å². The average Bonchev–Trinajstić information content (AvgIpc) is 2.58. The molecule has 1 aliphatic rings. The number of alkyl halides is 1. The molecule has 6 heteroatoms. The summed E-state index contributed by atoms with van der Waals surface area (Å²) in [6.45, 7) is 8.16. The van der Waals surface area contributed by atoms with Crippen molar-refractivity contribution in [3.05, 3.63) is 0 Å². The van der Waals surface area contributed by atoms with Crippen LogP contribution in [0.4, 0.5) is 4.79 Å². The number of hydrogen-bond acceptors (Lipinski definition) is 4. The molecule has 18 heavy (non-hydrogen) atoms. The van der Waals surface area contributed by atoms with E-state index in [9.17, 15) is 9.59 Å². The Hall–Kier alpha value is -0.970. The molecule has 0 spiro atoms. The molecule has 1 aliphatic heterocycles. The van der Waals surface area contributed by atoms with Crippen molar-refractivity contribution in [3.8, 4) is 0 Å². The highest BCUT2D eigenvalue weighted by Gasteiger charge is 2.39. The Morgan fingerprint density at radius 3 is 2.44 bits per heavy atom. The Bertz CT molecular complexity index is 327. The van der Waals surface area contributed by atoms with Gasteiger partial charge in [0.15, 0.2) is 6.07 Å². The number of carbonyl (C=O) groups is 2. The molecule has 1 saturated heterocycles. The van der Waals surface area contributed by atoms with Crippen LogP contribution in [-0.2, 0) is 14.3 Å². The second-order valence-electron chi connectivity index (χ2n) is 5.54. The van der Waals surface area contributed by atoms with E-state index in [2.05, 4.69) is 0 Å². The van der Waals surface area contributed by atoms with Crippen LogP contribution in [0.2, 0.25) is 0 Å². The van der Waals surface area contributed by atoms with Crippen molar-refractivity contribution in [1.82, 2.24) is 4.90 Å². The highest BCUT2D eigenvalue weighted by molar-refractivity contribution is 6.17. The van der Waals surface area contributed by atoms with Crippen molar-refractivity contribution < 1.29 is 19.1 Å². The van der Waals surface area contributed by atoms with Crippen LogP contribution in [0.15, 0.2) is 0 Å².